The molecule has 0 aromatic carbocycles. The molecular formula is C10H12Br2N2O. The zero-order valence-electron chi connectivity index (χ0n) is 8.08. The average molecular weight is 336 g/mol. The molecule has 0 bridgehead atoms. The molecule has 1 heterocycles. The van der Waals surface area contributed by atoms with Crippen molar-refractivity contribution in [1.29, 1.82) is 0 Å². The second-order valence-electron chi connectivity index (χ2n) is 3.70. The van der Waals surface area contributed by atoms with Crippen molar-refractivity contribution in [2.24, 2.45) is 0 Å². The topological polar surface area (TPSA) is 45.1 Å². The van der Waals surface area contributed by atoms with E-state index in [-0.39, 0.29) is 12.6 Å². The Morgan fingerprint density at radius 2 is 2.27 bits per heavy atom. The normalized spacial score (nSPS) is 17.8. The lowest BCUT2D eigenvalue weighted by Crippen LogP contribution is -2.27. The van der Waals surface area contributed by atoms with Crippen LogP contribution in [0.25, 0.3) is 0 Å². The minimum Gasteiger partial charge on any atom is -0.394 e. The van der Waals surface area contributed by atoms with Crippen molar-refractivity contribution in [1.82, 2.24) is 10.3 Å². The van der Waals surface area contributed by atoms with Gasteiger partial charge < -0.3 is 10.4 Å². The van der Waals surface area contributed by atoms with Crippen LogP contribution in [0.3, 0.4) is 0 Å². The summed E-state index contributed by atoms with van der Waals surface area (Å²) in [5, 5.41) is 12.7. The third kappa shape index (κ3) is 3.00. The first kappa shape index (κ1) is 11.5. The number of nitrogens with zero attached hydrogens (tertiary/aromatic N) is 1. The summed E-state index contributed by atoms with van der Waals surface area (Å²) in [6, 6.07) is 2.43. The van der Waals surface area contributed by atoms with Gasteiger partial charge in [0.1, 0.15) is 0 Å². The molecule has 1 saturated carbocycles. The largest absolute Gasteiger partial charge is 0.394 e. The van der Waals surface area contributed by atoms with Crippen molar-refractivity contribution in [3.8, 4) is 0 Å². The fraction of sp³-hybridized carbons (Fsp3) is 0.500. The van der Waals surface area contributed by atoms with Gasteiger partial charge in [-0.2, -0.15) is 0 Å². The van der Waals surface area contributed by atoms with Crippen LogP contribution in [-0.2, 0) is 0 Å². The van der Waals surface area contributed by atoms with Gasteiger partial charge in [0.25, 0.3) is 0 Å². The Bertz CT molecular complexity index is 355. The zero-order valence-corrected chi connectivity index (χ0v) is 11.3. The Hall–Kier alpha value is 0.0300. The second kappa shape index (κ2) is 4.91. The minimum absolute atomic E-state index is 0.0695. The van der Waals surface area contributed by atoms with Crippen molar-refractivity contribution >= 4 is 31.9 Å². The molecule has 2 rings (SSSR count). The number of rotatable bonds is 4. The maximum absolute atomic E-state index is 9.31. The van der Waals surface area contributed by atoms with Gasteiger partial charge in [-0.05, 0) is 50.8 Å². The summed E-state index contributed by atoms with van der Waals surface area (Å²) in [6.07, 6.45) is 4.15. The molecule has 2 N–H and O–H groups in total. The molecule has 0 amide bonds. The molecule has 5 heteroatoms. The Balaban J connectivity index is 2.16. The van der Waals surface area contributed by atoms with Crippen LogP contribution in [-0.4, -0.2) is 22.7 Å². The molecule has 0 aliphatic heterocycles. The molecule has 3 nitrogen and oxygen atoms in total. The van der Waals surface area contributed by atoms with Crippen LogP contribution in [0.4, 0.5) is 0 Å². The maximum Gasteiger partial charge on any atom is 0.0743 e. The van der Waals surface area contributed by atoms with Gasteiger partial charge in [0.15, 0.2) is 0 Å². The summed E-state index contributed by atoms with van der Waals surface area (Å²) in [5.74, 6) is 0. The van der Waals surface area contributed by atoms with Crippen molar-refractivity contribution in [2.75, 3.05) is 6.61 Å². The third-order valence-electron chi connectivity index (χ3n) is 2.36. The van der Waals surface area contributed by atoms with Crippen molar-refractivity contribution in [2.45, 2.75) is 24.9 Å². The Kier molecular flexibility index (Phi) is 3.77. The number of aliphatic hydroxyl groups is 1. The van der Waals surface area contributed by atoms with E-state index in [1.165, 1.54) is 12.8 Å². The summed E-state index contributed by atoms with van der Waals surface area (Å²) in [7, 11) is 0. The summed E-state index contributed by atoms with van der Waals surface area (Å²) in [6.45, 7) is 0.0731. The lowest BCUT2D eigenvalue weighted by molar-refractivity contribution is 0.240. The third-order valence-corrected chi connectivity index (χ3v) is 3.43. The van der Waals surface area contributed by atoms with Gasteiger partial charge in [-0.25, -0.2) is 0 Å². The summed E-state index contributed by atoms with van der Waals surface area (Å²) in [5.41, 5.74) is 0.868. The molecule has 1 aromatic heterocycles. The molecular weight excluding hydrogens is 324 g/mol. The lowest BCUT2D eigenvalue weighted by Gasteiger charge is -2.16. The fourth-order valence-electron chi connectivity index (χ4n) is 1.43. The van der Waals surface area contributed by atoms with E-state index in [1.807, 2.05) is 6.07 Å². The highest BCUT2D eigenvalue weighted by atomic mass is 79.9. The van der Waals surface area contributed by atoms with Crippen LogP contribution < -0.4 is 5.32 Å². The molecule has 1 fully saturated rings. The molecule has 15 heavy (non-hydrogen) atoms. The molecule has 1 aliphatic carbocycles. The van der Waals surface area contributed by atoms with Gasteiger partial charge in [-0.1, -0.05) is 0 Å². The van der Waals surface area contributed by atoms with Gasteiger partial charge in [-0.3, -0.25) is 4.98 Å². The van der Waals surface area contributed by atoms with E-state index < -0.39 is 0 Å². The first-order valence-electron chi connectivity index (χ1n) is 4.88. The average Bonchev–Trinajstić information content (AvgIpc) is 2.99. The number of halogens is 2. The van der Waals surface area contributed by atoms with Crippen LogP contribution in [0.5, 0.6) is 0 Å². The fourth-order valence-corrected chi connectivity index (χ4v) is 2.70. The molecule has 1 unspecified atom stereocenters. The molecule has 1 aromatic rings. The van der Waals surface area contributed by atoms with Crippen molar-refractivity contribution in [3.63, 3.8) is 0 Å². The maximum atomic E-state index is 9.31. The predicted octanol–water partition coefficient (Wildman–Crippen LogP) is 2.39. The minimum atomic E-state index is -0.0695. The van der Waals surface area contributed by atoms with Gasteiger partial charge in [0.05, 0.1) is 18.3 Å². The van der Waals surface area contributed by atoms with E-state index in [4.69, 9.17) is 0 Å². The first-order chi connectivity index (χ1) is 7.20. The second-order valence-corrected chi connectivity index (χ2v) is 5.47. The number of aromatic nitrogens is 1. The van der Waals surface area contributed by atoms with Crippen LogP contribution in [0.1, 0.15) is 24.6 Å². The quantitative estimate of drug-likeness (QED) is 0.888. The Morgan fingerprint density at radius 3 is 2.80 bits per heavy atom. The van der Waals surface area contributed by atoms with E-state index in [1.54, 1.807) is 6.20 Å². The van der Waals surface area contributed by atoms with Crippen molar-refractivity contribution in [3.05, 3.63) is 26.9 Å². The highest BCUT2D eigenvalue weighted by molar-refractivity contribution is 9.11. The molecule has 0 radical (unpaired) electrons. The summed E-state index contributed by atoms with van der Waals surface area (Å²) in [4.78, 5) is 4.31. The highest BCUT2D eigenvalue weighted by Crippen LogP contribution is 2.28. The standard InChI is InChI=1S/C10H12Br2N2O/c11-6-3-8(12)10(13-4-6)9(5-15)14-7-1-2-7/h3-4,7,9,14-15H,1-2,5H2. The number of pyridine rings is 1. The molecule has 0 spiro atoms. The Morgan fingerprint density at radius 1 is 1.53 bits per heavy atom. The van der Waals surface area contributed by atoms with Crippen LogP contribution in [0.2, 0.25) is 0 Å². The Labute approximate surface area is 106 Å². The van der Waals surface area contributed by atoms with E-state index in [2.05, 4.69) is 42.2 Å². The smallest absolute Gasteiger partial charge is 0.0743 e. The van der Waals surface area contributed by atoms with Crippen LogP contribution in [0.15, 0.2) is 21.2 Å². The predicted molar refractivity (Wildman–Crippen MR) is 65.6 cm³/mol. The number of hydrogen-bond acceptors (Lipinski definition) is 3. The number of aliphatic hydroxyl groups excluding tert-OH is 1. The van der Waals surface area contributed by atoms with Gasteiger partial charge in [-0.15, -0.1) is 0 Å². The van der Waals surface area contributed by atoms with Crippen molar-refractivity contribution < 1.29 is 5.11 Å². The molecule has 0 saturated heterocycles. The van der Waals surface area contributed by atoms with Gasteiger partial charge in [0.2, 0.25) is 0 Å². The zero-order chi connectivity index (χ0) is 10.8. The van der Waals surface area contributed by atoms with E-state index in [9.17, 15) is 5.11 Å². The van der Waals surface area contributed by atoms with E-state index in [0.29, 0.717) is 6.04 Å². The SMILES string of the molecule is OCC(NC1CC1)c1ncc(Br)cc1Br. The molecule has 82 valence electrons. The summed E-state index contributed by atoms with van der Waals surface area (Å²) >= 11 is 6.81. The lowest BCUT2D eigenvalue weighted by atomic mass is 10.2. The first-order valence-corrected chi connectivity index (χ1v) is 6.47. The van der Waals surface area contributed by atoms with Gasteiger partial charge in [0, 0.05) is 21.2 Å². The number of nitrogens with one attached hydrogen (secondary N) is 1. The molecule has 1 aliphatic rings. The summed E-state index contributed by atoms with van der Waals surface area (Å²) < 4.78 is 1.85. The molecule has 1 atom stereocenters. The van der Waals surface area contributed by atoms with Crippen LogP contribution >= 0.6 is 31.9 Å². The van der Waals surface area contributed by atoms with Gasteiger partial charge >= 0.3 is 0 Å². The number of hydrogen-bond donors (Lipinski definition) is 2. The van der Waals surface area contributed by atoms with Crippen LogP contribution in [0, 0.1) is 0 Å². The van der Waals surface area contributed by atoms with E-state index in [0.717, 1.165) is 14.6 Å². The monoisotopic (exact) mass is 334 g/mol. The highest BCUT2D eigenvalue weighted by Gasteiger charge is 2.26. The van der Waals surface area contributed by atoms with E-state index >= 15 is 0 Å².